The van der Waals surface area contributed by atoms with Gasteiger partial charge in [-0.2, -0.15) is 5.26 Å². The van der Waals surface area contributed by atoms with Crippen molar-refractivity contribution in [2.24, 2.45) is 0 Å². The highest BCUT2D eigenvalue weighted by molar-refractivity contribution is 6.14. The van der Waals surface area contributed by atoms with Crippen LogP contribution in [0.1, 0.15) is 32.6 Å². The van der Waals surface area contributed by atoms with E-state index in [1.165, 1.54) is 5.56 Å². The van der Waals surface area contributed by atoms with Crippen molar-refractivity contribution < 1.29 is 4.79 Å². The molecular formula is C21H18N2O. The highest BCUT2D eigenvalue weighted by atomic mass is 16.1. The zero-order chi connectivity index (χ0) is 17.3. The average Bonchev–Trinajstić information content (AvgIpc) is 2.55. The van der Waals surface area contributed by atoms with Gasteiger partial charge in [0.25, 0.3) is 0 Å². The van der Waals surface area contributed by atoms with Crippen LogP contribution in [0.3, 0.4) is 0 Å². The highest BCUT2D eigenvalue weighted by Gasteiger charge is 2.26. The summed E-state index contributed by atoms with van der Waals surface area (Å²) in [6, 6.07) is 15.6. The lowest BCUT2D eigenvalue weighted by atomic mass is 9.88. The van der Waals surface area contributed by atoms with Crippen molar-refractivity contribution in [2.75, 3.05) is 0 Å². The van der Waals surface area contributed by atoms with Crippen LogP contribution >= 0.6 is 0 Å². The molecule has 0 atom stereocenters. The van der Waals surface area contributed by atoms with Gasteiger partial charge in [-0.15, -0.1) is 0 Å². The lowest BCUT2D eigenvalue weighted by Crippen LogP contribution is -2.24. The Kier molecular flexibility index (Phi) is 4.05. The number of fused-ring (bicyclic) bond motifs is 1. The summed E-state index contributed by atoms with van der Waals surface area (Å²) in [5.74, 6) is -0.227. The van der Waals surface area contributed by atoms with E-state index in [1.807, 2.05) is 44.2 Å². The molecule has 0 aliphatic heterocycles. The number of hydrogen-bond donors (Lipinski definition) is 1. The van der Waals surface area contributed by atoms with E-state index in [9.17, 15) is 10.1 Å². The second-order valence-corrected chi connectivity index (χ2v) is 6.05. The number of carbonyl (C=O) groups excluding carboxylic acids is 1. The third kappa shape index (κ3) is 2.75. The van der Waals surface area contributed by atoms with E-state index in [2.05, 4.69) is 24.0 Å². The molecule has 0 radical (unpaired) electrons. The number of rotatable bonds is 3. The Balaban J connectivity index is 1.95. The summed E-state index contributed by atoms with van der Waals surface area (Å²) in [7, 11) is 0. The minimum absolute atomic E-state index is 0.166. The summed E-state index contributed by atoms with van der Waals surface area (Å²) in [4.78, 5) is 12.5. The molecule has 0 aromatic heterocycles. The van der Waals surface area contributed by atoms with E-state index in [0.717, 1.165) is 16.7 Å². The maximum Gasteiger partial charge on any atom is 0.205 e. The van der Waals surface area contributed by atoms with Crippen LogP contribution in [0.5, 0.6) is 0 Å². The van der Waals surface area contributed by atoms with Crippen LogP contribution in [0.4, 0.5) is 0 Å². The molecule has 0 spiro atoms. The number of allylic oxidation sites excluding steroid dienone is 2. The molecule has 1 N–H and O–H groups in total. The molecule has 118 valence electrons. The Morgan fingerprint density at radius 2 is 1.96 bits per heavy atom. The fourth-order valence-electron chi connectivity index (χ4n) is 3.07. The Hall–Kier alpha value is -3.12. The topological polar surface area (TPSA) is 52.9 Å². The Bertz CT molecular complexity index is 929. The van der Waals surface area contributed by atoms with Crippen molar-refractivity contribution in [3.63, 3.8) is 0 Å². The SMILES string of the molecule is C=C(NC1=C(C#N)C(=O)c2ccccc2C1)c1ccc(C)cc1C. The van der Waals surface area contributed by atoms with Gasteiger partial charge in [0.15, 0.2) is 0 Å². The molecule has 2 aromatic carbocycles. The van der Waals surface area contributed by atoms with Gasteiger partial charge in [0.1, 0.15) is 11.6 Å². The summed E-state index contributed by atoms with van der Waals surface area (Å²) in [5, 5.41) is 12.6. The van der Waals surface area contributed by atoms with Gasteiger partial charge in [0.2, 0.25) is 5.78 Å². The lowest BCUT2D eigenvalue weighted by molar-refractivity contribution is 0.103. The van der Waals surface area contributed by atoms with Crippen LogP contribution in [0.15, 0.2) is 60.3 Å². The first kappa shape index (κ1) is 15.8. The molecule has 24 heavy (non-hydrogen) atoms. The summed E-state index contributed by atoms with van der Waals surface area (Å²) in [6.45, 7) is 8.16. The van der Waals surface area contributed by atoms with E-state index in [0.29, 0.717) is 23.4 Å². The number of Topliss-reactive ketones (excluding diaryl/α,β-unsaturated/α-hetero) is 1. The first-order valence-electron chi connectivity index (χ1n) is 7.80. The van der Waals surface area contributed by atoms with Crippen molar-refractivity contribution in [1.82, 2.24) is 5.32 Å². The standard InChI is InChI=1S/C21H18N2O/c1-13-8-9-17(14(2)10-13)15(3)23-20-11-16-6-4-5-7-18(16)21(24)19(20)12-22/h4-10,23H,3,11H2,1-2H3. The molecule has 0 amide bonds. The van der Waals surface area contributed by atoms with Gasteiger partial charge < -0.3 is 5.32 Å². The van der Waals surface area contributed by atoms with Gasteiger partial charge in [-0.25, -0.2) is 0 Å². The smallest absolute Gasteiger partial charge is 0.205 e. The number of hydrogen-bond acceptors (Lipinski definition) is 3. The maximum absolute atomic E-state index is 12.5. The Morgan fingerprint density at radius 3 is 2.67 bits per heavy atom. The lowest BCUT2D eigenvalue weighted by Gasteiger charge is -2.21. The number of nitrogens with zero attached hydrogens (tertiary/aromatic N) is 1. The molecule has 3 heteroatoms. The fraction of sp³-hybridized carbons (Fsp3) is 0.143. The molecule has 3 nitrogen and oxygen atoms in total. The zero-order valence-electron chi connectivity index (χ0n) is 13.8. The van der Waals surface area contributed by atoms with E-state index >= 15 is 0 Å². The third-order valence-corrected chi connectivity index (χ3v) is 4.28. The molecular weight excluding hydrogens is 296 g/mol. The largest absolute Gasteiger partial charge is 0.357 e. The minimum atomic E-state index is -0.227. The molecule has 0 fully saturated rings. The van der Waals surface area contributed by atoms with E-state index in [1.54, 1.807) is 6.07 Å². The van der Waals surface area contributed by atoms with Gasteiger partial charge in [0.05, 0.1) is 0 Å². The molecule has 0 unspecified atom stereocenters. The zero-order valence-corrected chi connectivity index (χ0v) is 13.8. The molecule has 1 aliphatic rings. The Labute approximate surface area is 141 Å². The van der Waals surface area contributed by atoms with Crippen LogP contribution in [-0.4, -0.2) is 5.78 Å². The number of nitrogens with one attached hydrogen (secondary N) is 1. The molecule has 0 saturated heterocycles. The van der Waals surface area contributed by atoms with Crippen molar-refractivity contribution in [3.8, 4) is 6.07 Å². The van der Waals surface area contributed by atoms with Crippen molar-refractivity contribution in [2.45, 2.75) is 20.3 Å². The molecule has 3 rings (SSSR count). The van der Waals surface area contributed by atoms with Gasteiger partial charge >= 0.3 is 0 Å². The molecule has 0 heterocycles. The second kappa shape index (κ2) is 6.17. The summed E-state index contributed by atoms with van der Waals surface area (Å²) in [6.07, 6.45) is 0.523. The number of carbonyl (C=O) groups is 1. The maximum atomic E-state index is 12.5. The van der Waals surface area contributed by atoms with E-state index in [4.69, 9.17) is 0 Å². The highest BCUT2D eigenvalue weighted by Crippen LogP contribution is 2.27. The summed E-state index contributed by atoms with van der Waals surface area (Å²) < 4.78 is 0. The average molecular weight is 314 g/mol. The number of aryl methyl sites for hydroxylation is 2. The predicted octanol–water partition coefficient (Wildman–Crippen LogP) is 4.08. The molecule has 2 aromatic rings. The van der Waals surface area contributed by atoms with Crippen molar-refractivity contribution >= 4 is 11.5 Å². The van der Waals surface area contributed by atoms with Crippen LogP contribution in [-0.2, 0) is 6.42 Å². The summed E-state index contributed by atoms with van der Waals surface area (Å²) >= 11 is 0. The first-order chi connectivity index (χ1) is 11.5. The second-order valence-electron chi connectivity index (χ2n) is 6.05. The van der Waals surface area contributed by atoms with Gasteiger partial charge in [0, 0.05) is 28.9 Å². The monoisotopic (exact) mass is 314 g/mol. The van der Waals surface area contributed by atoms with Crippen LogP contribution in [0.2, 0.25) is 0 Å². The van der Waals surface area contributed by atoms with Crippen LogP contribution < -0.4 is 5.32 Å². The van der Waals surface area contributed by atoms with Gasteiger partial charge in [-0.3, -0.25) is 4.79 Å². The van der Waals surface area contributed by atoms with Crippen LogP contribution in [0.25, 0.3) is 5.70 Å². The number of benzene rings is 2. The van der Waals surface area contributed by atoms with Gasteiger partial charge in [-0.05, 0) is 25.0 Å². The quantitative estimate of drug-likeness (QED) is 0.928. The van der Waals surface area contributed by atoms with Crippen LogP contribution in [0, 0.1) is 25.2 Å². The fourth-order valence-corrected chi connectivity index (χ4v) is 3.07. The Morgan fingerprint density at radius 1 is 1.21 bits per heavy atom. The summed E-state index contributed by atoms with van der Waals surface area (Å²) in [5.41, 5.74) is 6.29. The number of nitriles is 1. The van der Waals surface area contributed by atoms with Crippen molar-refractivity contribution in [1.29, 1.82) is 5.26 Å². The number of ketones is 1. The molecule has 0 saturated carbocycles. The van der Waals surface area contributed by atoms with Gasteiger partial charge in [-0.1, -0.05) is 54.6 Å². The predicted molar refractivity (Wildman–Crippen MR) is 95.2 cm³/mol. The molecule has 1 aliphatic carbocycles. The molecule has 0 bridgehead atoms. The first-order valence-corrected chi connectivity index (χ1v) is 7.80. The third-order valence-electron chi connectivity index (χ3n) is 4.28. The van der Waals surface area contributed by atoms with E-state index in [-0.39, 0.29) is 11.4 Å². The normalized spacial score (nSPS) is 13.3. The van der Waals surface area contributed by atoms with E-state index < -0.39 is 0 Å². The minimum Gasteiger partial charge on any atom is -0.357 e. The van der Waals surface area contributed by atoms with Crippen molar-refractivity contribution in [3.05, 3.63) is 88.1 Å².